The van der Waals surface area contributed by atoms with E-state index in [1.54, 1.807) is 37.6 Å². The quantitative estimate of drug-likeness (QED) is 0.532. The minimum atomic E-state index is -0.290. The van der Waals surface area contributed by atoms with Crippen molar-refractivity contribution in [2.45, 2.75) is 20.1 Å². The number of hydrogen-bond acceptors (Lipinski definition) is 4. The van der Waals surface area contributed by atoms with Gasteiger partial charge in [-0.1, -0.05) is 12.1 Å². The Morgan fingerprint density at radius 2 is 2.00 bits per heavy atom. The maximum Gasteiger partial charge on any atom is 0.212 e. The minimum absolute atomic E-state index is 0.245. The predicted octanol–water partition coefficient (Wildman–Crippen LogP) is 4.57. The molecule has 0 aliphatic rings. The molecule has 0 bridgehead atoms. The summed E-state index contributed by atoms with van der Waals surface area (Å²) in [6, 6.07) is 16.2. The molecule has 0 saturated heterocycles. The Kier molecular flexibility index (Phi) is 5.21. The van der Waals surface area contributed by atoms with E-state index in [1.807, 2.05) is 29.7 Å². The summed E-state index contributed by atoms with van der Waals surface area (Å²) in [7, 11) is 1.54. The monoisotopic (exact) mass is 401 g/mol. The predicted molar refractivity (Wildman–Crippen MR) is 113 cm³/mol. The first-order valence-corrected chi connectivity index (χ1v) is 9.47. The van der Waals surface area contributed by atoms with Gasteiger partial charge in [-0.25, -0.2) is 9.37 Å². The summed E-state index contributed by atoms with van der Waals surface area (Å²) in [5.74, 6) is 0.189. The number of aryl methyl sites for hydroxylation is 1. The second-order valence-electron chi connectivity index (χ2n) is 7.09. The number of ether oxygens (including phenoxy) is 1. The number of rotatable bonds is 5. The molecule has 0 atom stereocenters. The highest BCUT2D eigenvalue weighted by Crippen LogP contribution is 2.36. The first-order valence-electron chi connectivity index (χ1n) is 9.47. The fraction of sp³-hybridized carbons (Fsp3) is 0.167. The summed E-state index contributed by atoms with van der Waals surface area (Å²) in [6.45, 7) is 1.86. The number of nitriles is 1. The molecule has 30 heavy (non-hydrogen) atoms. The molecule has 2 aromatic heterocycles. The van der Waals surface area contributed by atoms with Crippen molar-refractivity contribution >= 4 is 10.9 Å². The van der Waals surface area contributed by atoms with Crippen LogP contribution in [0.3, 0.4) is 0 Å². The van der Waals surface area contributed by atoms with Crippen molar-refractivity contribution in [3.63, 3.8) is 0 Å². The highest BCUT2D eigenvalue weighted by atomic mass is 19.1. The van der Waals surface area contributed by atoms with Gasteiger partial charge in [-0.3, -0.25) is 0 Å². The van der Waals surface area contributed by atoms with E-state index in [1.165, 1.54) is 6.07 Å². The van der Waals surface area contributed by atoms with Crippen LogP contribution in [0.25, 0.3) is 22.0 Å². The van der Waals surface area contributed by atoms with Gasteiger partial charge >= 0.3 is 0 Å². The molecule has 0 aliphatic carbocycles. The second-order valence-corrected chi connectivity index (χ2v) is 7.09. The van der Waals surface area contributed by atoms with Crippen molar-refractivity contribution < 1.29 is 14.2 Å². The zero-order valence-electron chi connectivity index (χ0n) is 16.7. The molecule has 2 heterocycles. The van der Waals surface area contributed by atoms with Gasteiger partial charge in [0.15, 0.2) is 0 Å². The Morgan fingerprint density at radius 3 is 2.63 bits per heavy atom. The van der Waals surface area contributed by atoms with Crippen LogP contribution in [0.1, 0.15) is 22.4 Å². The number of benzene rings is 2. The molecule has 0 saturated carbocycles. The largest absolute Gasteiger partial charge is 0.481 e. The van der Waals surface area contributed by atoms with Crippen LogP contribution in [0, 0.1) is 24.1 Å². The summed E-state index contributed by atoms with van der Waals surface area (Å²) in [5, 5.41) is 20.4. The Hall–Kier alpha value is -3.69. The standard InChI is InChI=1S/C24H20FN3O2/c1-15-3-5-18(20(25)9-15)13-28-21-7-4-16(11-26)10-19(21)24(22(28)14-29)17-6-8-23(30-2)27-12-17/h3-10,12,29H,13-14H2,1-2H3. The molecule has 0 aliphatic heterocycles. The highest BCUT2D eigenvalue weighted by Gasteiger charge is 2.20. The summed E-state index contributed by atoms with van der Waals surface area (Å²) >= 11 is 0. The molecule has 0 fully saturated rings. The van der Waals surface area contributed by atoms with E-state index in [0.717, 1.165) is 27.6 Å². The smallest absolute Gasteiger partial charge is 0.212 e. The number of nitrogens with zero attached hydrogens (tertiary/aromatic N) is 3. The van der Waals surface area contributed by atoms with Gasteiger partial charge in [-0.05, 0) is 42.8 Å². The van der Waals surface area contributed by atoms with Gasteiger partial charge in [0.1, 0.15) is 5.82 Å². The molecule has 4 rings (SSSR count). The molecule has 0 unspecified atom stereocenters. The van der Waals surface area contributed by atoms with Crippen molar-refractivity contribution in [1.29, 1.82) is 5.26 Å². The molecule has 5 nitrogen and oxygen atoms in total. The van der Waals surface area contributed by atoms with Gasteiger partial charge in [0.05, 0.1) is 37.6 Å². The number of aromatic nitrogens is 2. The average Bonchev–Trinajstić information content (AvgIpc) is 3.08. The highest BCUT2D eigenvalue weighted by molar-refractivity contribution is 5.98. The average molecular weight is 401 g/mol. The number of aliphatic hydroxyl groups excluding tert-OH is 1. The van der Waals surface area contributed by atoms with Gasteiger partial charge in [-0.2, -0.15) is 5.26 Å². The van der Waals surface area contributed by atoms with Crippen LogP contribution in [0.5, 0.6) is 5.88 Å². The number of pyridine rings is 1. The first kappa shape index (κ1) is 19.6. The molecular weight excluding hydrogens is 381 g/mol. The fourth-order valence-corrected chi connectivity index (χ4v) is 3.74. The van der Waals surface area contributed by atoms with Crippen LogP contribution < -0.4 is 4.74 Å². The summed E-state index contributed by atoms with van der Waals surface area (Å²) in [4.78, 5) is 4.28. The fourth-order valence-electron chi connectivity index (χ4n) is 3.74. The number of methoxy groups -OCH3 is 1. The zero-order chi connectivity index (χ0) is 21.3. The normalized spacial score (nSPS) is 10.9. The van der Waals surface area contributed by atoms with Crippen LogP contribution in [0.15, 0.2) is 54.7 Å². The van der Waals surface area contributed by atoms with Crippen LogP contribution in [-0.4, -0.2) is 21.8 Å². The third-order valence-corrected chi connectivity index (χ3v) is 5.22. The lowest BCUT2D eigenvalue weighted by atomic mass is 10.0. The lowest BCUT2D eigenvalue weighted by Gasteiger charge is -2.12. The Balaban J connectivity index is 1.96. The Bertz CT molecular complexity index is 1270. The van der Waals surface area contributed by atoms with Crippen LogP contribution in [0.2, 0.25) is 0 Å². The van der Waals surface area contributed by atoms with E-state index in [-0.39, 0.29) is 19.0 Å². The second kappa shape index (κ2) is 7.97. The maximum atomic E-state index is 14.6. The van der Waals surface area contributed by atoms with E-state index in [2.05, 4.69) is 11.1 Å². The van der Waals surface area contributed by atoms with Gasteiger partial charge < -0.3 is 14.4 Å². The molecule has 150 valence electrons. The van der Waals surface area contributed by atoms with Crippen LogP contribution in [-0.2, 0) is 13.2 Å². The van der Waals surface area contributed by atoms with Crippen molar-refractivity contribution in [1.82, 2.24) is 9.55 Å². The third kappa shape index (κ3) is 3.40. The van der Waals surface area contributed by atoms with Crippen LogP contribution >= 0.6 is 0 Å². The van der Waals surface area contributed by atoms with Crippen LogP contribution in [0.4, 0.5) is 4.39 Å². The molecular formula is C24H20FN3O2. The van der Waals surface area contributed by atoms with Crippen molar-refractivity contribution in [3.8, 4) is 23.1 Å². The van der Waals surface area contributed by atoms with E-state index in [4.69, 9.17) is 4.74 Å². The van der Waals surface area contributed by atoms with E-state index < -0.39 is 0 Å². The van der Waals surface area contributed by atoms with E-state index >= 15 is 0 Å². The topological polar surface area (TPSA) is 71.1 Å². The van der Waals surface area contributed by atoms with Crippen molar-refractivity contribution in [3.05, 3.63) is 82.9 Å². The Morgan fingerprint density at radius 1 is 1.17 bits per heavy atom. The van der Waals surface area contributed by atoms with Crippen molar-refractivity contribution in [2.24, 2.45) is 0 Å². The summed E-state index contributed by atoms with van der Waals surface area (Å²) < 4.78 is 21.6. The zero-order valence-corrected chi connectivity index (χ0v) is 16.7. The third-order valence-electron chi connectivity index (χ3n) is 5.22. The first-order chi connectivity index (χ1) is 14.5. The number of fused-ring (bicyclic) bond motifs is 1. The SMILES string of the molecule is COc1ccc(-c2c(CO)n(Cc3ccc(C)cc3F)c3ccc(C#N)cc23)cn1. The van der Waals surface area contributed by atoms with E-state index in [9.17, 15) is 14.8 Å². The summed E-state index contributed by atoms with van der Waals surface area (Å²) in [6.07, 6.45) is 1.67. The molecule has 4 aromatic rings. The Labute approximate surface area is 173 Å². The van der Waals surface area contributed by atoms with Crippen molar-refractivity contribution in [2.75, 3.05) is 7.11 Å². The molecule has 0 spiro atoms. The lowest BCUT2D eigenvalue weighted by molar-refractivity contribution is 0.272. The van der Waals surface area contributed by atoms with E-state index in [0.29, 0.717) is 22.7 Å². The number of halogens is 1. The maximum absolute atomic E-state index is 14.6. The van der Waals surface area contributed by atoms with Gasteiger partial charge in [0.25, 0.3) is 0 Å². The molecule has 1 N–H and O–H groups in total. The molecule has 0 radical (unpaired) electrons. The van der Waals surface area contributed by atoms with Gasteiger partial charge in [-0.15, -0.1) is 0 Å². The molecule has 6 heteroatoms. The summed E-state index contributed by atoms with van der Waals surface area (Å²) in [5.41, 5.74) is 4.87. The molecule has 2 aromatic carbocycles. The number of hydrogen-bond donors (Lipinski definition) is 1. The lowest BCUT2D eigenvalue weighted by Crippen LogP contribution is -2.07. The minimum Gasteiger partial charge on any atom is -0.481 e. The molecule has 0 amide bonds. The number of aliphatic hydroxyl groups is 1. The van der Waals surface area contributed by atoms with Gasteiger partial charge in [0.2, 0.25) is 5.88 Å². The van der Waals surface area contributed by atoms with Gasteiger partial charge in [0, 0.05) is 39.9 Å².